The number of nitrogens with one attached hydrogen (secondary N) is 1. The van der Waals surface area contributed by atoms with E-state index in [0.29, 0.717) is 18.9 Å². The molecule has 0 atom stereocenters. The van der Waals surface area contributed by atoms with Gasteiger partial charge >= 0.3 is 0 Å². The summed E-state index contributed by atoms with van der Waals surface area (Å²) in [7, 11) is -3.41. The van der Waals surface area contributed by atoms with Crippen molar-refractivity contribution >= 4 is 10.0 Å². The van der Waals surface area contributed by atoms with Crippen LogP contribution < -0.4 is 4.72 Å². The third kappa shape index (κ3) is 6.03. The van der Waals surface area contributed by atoms with Crippen LogP contribution in [0, 0.1) is 5.92 Å². The topological polar surface area (TPSA) is 66.4 Å². The van der Waals surface area contributed by atoms with E-state index in [1.54, 1.807) is 24.3 Å². The van der Waals surface area contributed by atoms with Crippen LogP contribution in [-0.4, -0.2) is 26.7 Å². The first kappa shape index (κ1) is 17.1. The predicted octanol–water partition coefficient (Wildman–Crippen LogP) is 2.33. The quantitative estimate of drug-likeness (QED) is 0.688. The molecule has 0 radical (unpaired) electrons. The zero-order chi connectivity index (χ0) is 15.0. The van der Waals surface area contributed by atoms with Crippen molar-refractivity contribution in [3.8, 4) is 0 Å². The molecule has 0 heterocycles. The van der Waals surface area contributed by atoms with Gasteiger partial charge in [-0.1, -0.05) is 38.8 Å². The van der Waals surface area contributed by atoms with Crippen molar-refractivity contribution in [1.29, 1.82) is 0 Å². The molecule has 20 heavy (non-hydrogen) atoms. The van der Waals surface area contributed by atoms with E-state index in [1.165, 1.54) is 0 Å². The van der Waals surface area contributed by atoms with Gasteiger partial charge in [-0.2, -0.15) is 0 Å². The molecule has 4 nitrogen and oxygen atoms in total. The van der Waals surface area contributed by atoms with Crippen LogP contribution in [-0.2, 0) is 16.4 Å². The highest BCUT2D eigenvalue weighted by molar-refractivity contribution is 7.89. The summed E-state index contributed by atoms with van der Waals surface area (Å²) in [5.74, 6) is 0.658. The average molecular weight is 299 g/mol. The van der Waals surface area contributed by atoms with Crippen LogP contribution in [0.3, 0.4) is 0 Å². The van der Waals surface area contributed by atoms with Crippen molar-refractivity contribution in [3.63, 3.8) is 0 Å². The van der Waals surface area contributed by atoms with E-state index >= 15 is 0 Å². The van der Waals surface area contributed by atoms with Gasteiger partial charge in [-0.25, -0.2) is 13.1 Å². The number of unbranched alkanes of at least 4 members (excludes halogenated alkanes) is 1. The summed E-state index contributed by atoms with van der Waals surface area (Å²) in [5, 5.41) is 8.82. The highest BCUT2D eigenvalue weighted by Gasteiger charge is 2.12. The van der Waals surface area contributed by atoms with E-state index < -0.39 is 10.0 Å². The lowest BCUT2D eigenvalue weighted by Crippen LogP contribution is -2.24. The molecule has 0 fully saturated rings. The Hall–Kier alpha value is -0.910. The first-order valence-electron chi connectivity index (χ1n) is 7.15. The highest BCUT2D eigenvalue weighted by atomic mass is 32.2. The van der Waals surface area contributed by atoms with Crippen molar-refractivity contribution in [1.82, 2.24) is 4.72 Å². The molecule has 1 aromatic carbocycles. The SMILES string of the molecule is CC(C)CCCCNS(=O)(=O)c1ccc(CCO)cc1. The average Bonchev–Trinajstić information content (AvgIpc) is 2.39. The molecule has 1 rings (SSSR count). The van der Waals surface area contributed by atoms with Gasteiger partial charge in [-0.05, 0) is 36.5 Å². The maximum atomic E-state index is 12.0. The Labute approximate surface area is 122 Å². The maximum absolute atomic E-state index is 12.0. The Morgan fingerprint density at radius 1 is 1.15 bits per heavy atom. The summed E-state index contributed by atoms with van der Waals surface area (Å²) in [6, 6.07) is 6.65. The summed E-state index contributed by atoms with van der Waals surface area (Å²) in [5.41, 5.74) is 0.934. The predicted molar refractivity (Wildman–Crippen MR) is 81.1 cm³/mol. The third-order valence-electron chi connectivity index (χ3n) is 3.13. The molecule has 0 saturated carbocycles. The molecule has 0 saturated heterocycles. The second-order valence-corrected chi connectivity index (χ2v) is 7.17. The van der Waals surface area contributed by atoms with Crippen LogP contribution in [0.25, 0.3) is 0 Å². The smallest absolute Gasteiger partial charge is 0.240 e. The van der Waals surface area contributed by atoms with Crippen LogP contribution in [0.1, 0.15) is 38.7 Å². The fourth-order valence-electron chi connectivity index (χ4n) is 1.93. The van der Waals surface area contributed by atoms with Crippen LogP contribution in [0.4, 0.5) is 0 Å². The summed E-state index contributed by atoms with van der Waals surface area (Å²) in [6.45, 7) is 4.88. The minimum atomic E-state index is -3.41. The van der Waals surface area contributed by atoms with Gasteiger partial charge in [0.1, 0.15) is 0 Å². The lowest BCUT2D eigenvalue weighted by atomic mass is 10.1. The number of benzene rings is 1. The van der Waals surface area contributed by atoms with E-state index in [0.717, 1.165) is 24.8 Å². The summed E-state index contributed by atoms with van der Waals surface area (Å²) >= 11 is 0. The number of aliphatic hydroxyl groups excluding tert-OH is 1. The molecule has 0 amide bonds. The summed E-state index contributed by atoms with van der Waals surface area (Å²) in [4.78, 5) is 0.281. The molecule has 2 N–H and O–H groups in total. The lowest BCUT2D eigenvalue weighted by molar-refractivity contribution is 0.299. The molecule has 0 unspecified atom stereocenters. The van der Waals surface area contributed by atoms with Gasteiger partial charge in [0.25, 0.3) is 0 Å². The molecular formula is C15H25NO3S. The van der Waals surface area contributed by atoms with Crippen molar-refractivity contribution in [2.24, 2.45) is 5.92 Å². The summed E-state index contributed by atoms with van der Waals surface area (Å²) < 4.78 is 26.7. The third-order valence-corrected chi connectivity index (χ3v) is 4.61. The largest absolute Gasteiger partial charge is 0.396 e. The van der Waals surface area contributed by atoms with E-state index in [4.69, 9.17) is 5.11 Å². The molecule has 5 heteroatoms. The van der Waals surface area contributed by atoms with E-state index in [1.807, 2.05) is 0 Å². The van der Waals surface area contributed by atoms with Crippen molar-refractivity contribution < 1.29 is 13.5 Å². The fourth-order valence-corrected chi connectivity index (χ4v) is 3.01. The second-order valence-electron chi connectivity index (χ2n) is 5.40. The molecule has 0 aliphatic rings. The van der Waals surface area contributed by atoms with Crippen LogP contribution in [0.15, 0.2) is 29.2 Å². The minimum Gasteiger partial charge on any atom is -0.396 e. The maximum Gasteiger partial charge on any atom is 0.240 e. The molecular weight excluding hydrogens is 274 g/mol. The van der Waals surface area contributed by atoms with Crippen LogP contribution in [0.2, 0.25) is 0 Å². The highest BCUT2D eigenvalue weighted by Crippen LogP contribution is 2.11. The Morgan fingerprint density at radius 2 is 1.80 bits per heavy atom. The number of sulfonamides is 1. The zero-order valence-corrected chi connectivity index (χ0v) is 13.1. The van der Waals surface area contributed by atoms with Gasteiger partial charge in [-0.15, -0.1) is 0 Å². The molecule has 0 aliphatic carbocycles. The second kappa shape index (κ2) is 8.39. The Kier molecular flexibility index (Phi) is 7.19. The van der Waals surface area contributed by atoms with Gasteiger partial charge in [-0.3, -0.25) is 0 Å². The Bertz CT molecular complexity index is 480. The van der Waals surface area contributed by atoms with Gasteiger partial charge in [0.15, 0.2) is 0 Å². The zero-order valence-electron chi connectivity index (χ0n) is 12.3. The standard InChI is InChI=1S/C15H25NO3S/c1-13(2)5-3-4-11-16-20(18,19)15-8-6-14(7-9-15)10-12-17/h6-9,13,16-17H,3-5,10-12H2,1-2H3. The van der Waals surface area contributed by atoms with Crippen molar-refractivity contribution in [2.45, 2.75) is 44.4 Å². The monoisotopic (exact) mass is 299 g/mol. The summed E-state index contributed by atoms with van der Waals surface area (Å²) in [6.07, 6.45) is 3.57. The first-order chi connectivity index (χ1) is 9.45. The van der Waals surface area contributed by atoms with Gasteiger partial charge in [0.05, 0.1) is 4.90 Å². The van der Waals surface area contributed by atoms with E-state index in [2.05, 4.69) is 18.6 Å². The molecule has 0 spiro atoms. The fraction of sp³-hybridized carbons (Fsp3) is 0.600. The molecule has 0 aromatic heterocycles. The van der Waals surface area contributed by atoms with Crippen LogP contribution in [0.5, 0.6) is 0 Å². The minimum absolute atomic E-state index is 0.0696. The van der Waals surface area contributed by atoms with Crippen LogP contribution >= 0.6 is 0 Å². The normalized spacial score (nSPS) is 12.0. The van der Waals surface area contributed by atoms with Crippen molar-refractivity contribution in [2.75, 3.05) is 13.2 Å². The lowest BCUT2D eigenvalue weighted by Gasteiger charge is -2.08. The Balaban J connectivity index is 2.47. The van der Waals surface area contributed by atoms with Gasteiger partial charge in [0, 0.05) is 13.2 Å². The molecule has 114 valence electrons. The molecule has 1 aromatic rings. The van der Waals surface area contributed by atoms with E-state index in [-0.39, 0.29) is 11.5 Å². The first-order valence-corrected chi connectivity index (χ1v) is 8.63. The molecule has 0 aliphatic heterocycles. The number of hydrogen-bond donors (Lipinski definition) is 2. The molecule has 0 bridgehead atoms. The van der Waals surface area contributed by atoms with E-state index in [9.17, 15) is 8.42 Å². The van der Waals surface area contributed by atoms with Gasteiger partial charge < -0.3 is 5.11 Å². The number of rotatable bonds is 9. The van der Waals surface area contributed by atoms with Crippen molar-refractivity contribution in [3.05, 3.63) is 29.8 Å². The Morgan fingerprint density at radius 3 is 2.35 bits per heavy atom. The number of aliphatic hydroxyl groups is 1. The van der Waals surface area contributed by atoms with Gasteiger partial charge in [0.2, 0.25) is 10.0 Å². The number of hydrogen-bond acceptors (Lipinski definition) is 3.